The minimum Gasteiger partial charge on any atom is -0.454 e. The van der Waals surface area contributed by atoms with E-state index in [0.717, 1.165) is 24.0 Å². The molecule has 0 aliphatic carbocycles. The first-order chi connectivity index (χ1) is 15.5. The molecular formula is C23H29N3O6. The summed E-state index contributed by atoms with van der Waals surface area (Å²) in [6, 6.07) is 10.4. The predicted molar refractivity (Wildman–Crippen MR) is 116 cm³/mol. The van der Waals surface area contributed by atoms with Gasteiger partial charge in [-0.1, -0.05) is 18.6 Å². The summed E-state index contributed by atoms with van der Waals surface area (Å²) >= 11 is 0. The Morgan fingerprint density at radius 3 is 1.97 bits per heavy atom. The van der Waals surface area contributed by atoms with Crippen molar-refractivity contribution in [3.8, 4) is 23.0 Å². The lowest BCUT2D eigenvalue weighted by Gasteiger charge is -2.28. The largest absolute Gasteiger partial charge is 0.454 e. The molecule has 0 fully saturated rings. The maximum absolute atomic E-state index is 13.3. The Labute approximate surface area is 186 Å². The Morgan fingerprint density at radius 1 is 0.906 bits per heavy atom. The van der Waals surface area contributed by atoms with Gasteiger partial charge in [-0.15, -0.1) is 0 Å². The Balaban J connectivity index is 1.52. The zero-order chi connectivity index (χ0) is 22.5. The van der Waals surface area contributed by atoms with Gasteiger partial charge in [-0.3, -0.25) is 4.79 Å². The molecule has 2 aliphatic rings. The number of nitrogens with zero attached hydrogens (tertiary/aromatic N) is 1. The Morgan fingerprint density at radius 2 is 1.44 bits per heavy atom. The molecule has 4 rings (SSSR count). The molecule has 0 radical (unpaired) electrons. The highest BCUT2D eigenvalue weighted by Gasteiger charge is 2.28. The van der Waals surface area contributed by atoms with Crippen molar-refractivity contribution in [1.29, 1.82) is 0 Å². The maximum Gasteiger partial charge on any atom is 0.253 e. The fraction of sp³-hybridized carbons (Fsp3) is 0.435. The highest BCUT2D eigenvalue weighted by molar-refractivity contribution is 5.81. The van der Waals surface area contributed by atoms with E-state index in [1.807, 2.05) is 36.4 Å². The summed E-state index contributed by atoms with van der Waals surface area (Å²) in [5.41, 5.74) is 13.4. The fourth-order valence-electron chi connectivity index (χ4n) is 3.78. The van der Waals surface area contributed by atoms with Gasteiger partial charge in [-0.2, -0.15) is 0 Å². The molecule has 2 heterocycles. The molecule has 1 amide bonds. The summed E-state index contributed by atoms with van der Waals surface area (Å²) < 4.78 is 21.6. The Bertz CT molecular complexity index is 894. The molecule has 0 saturated carbocycles. The highest BCUT2D eigenvalue weighted by atomic mass is 16.7. The first-order valence-electron chi connectivity index (χ1n) is 10.7. The van der Waals surface area contributed by atoms with Crippen molar-refractivity contribution in [2.75, 3.05) is 20.1 Å². The van der Waals surface area contributed by atoms with Gasteiger partial charge in [0.15, 0.2) is 23.0 Å². The van der Waals surface area contributed by atoms with E-state index in [2.05, 4.69) is 0 Å². The van der Waals surface area contributed by atoms with Crippen LogP contribution in [0, 0.1) is 0 Å². The summed E-state index contributed by atoms with van der Waals surface area (Å²) in [6.07, 6.45) is 0.765. The zero-order valence-corrected chi connectivity index (χ0v) is 17.9. The number of ether oxygens (including phenoxy) is 4. The predicted octanol–water partition coefficient (Wildman–Crippen LogP) is 1.49. The summed E-state index contributed by atoms with van der Waals surface area (Å²) in [7, 11) is 0. The fourth-order valence-corrected chi connectivity index (χ4v) is 3.78. The van der Waals surface area contributed by atoms with Crippen molar-refractivity contribution in [2.24, 2.45) is 11.5 Å². The van der Waals surface area contributed by atoms with Gasteiger partial charge in [-0.05, 0) is 54.8 Å². The van der Waals surface area contributed by atoms with Crippen molar-refractivity contribution < 1.29 is 28.8 Å². The molecule has 0 saturated heterocycles. The van der Waals surface area contributed by atoms with Crippen LogP contribution in [-0.2, 0) is 17.9 Å². The minimum atomic E-state index is -1.31. The van der Waals surface area contributed by atoms with E-state index in [-0.39, 0.29) is 26.7 Å². The average Bonchev–Trinajstić information content (AvgIpc) is 3.46. The van der Waals surface area contributed by atoms with E-state index in [0.29, 0.717) is 36.0 Å². The maximum atomic E-state index is 13.3. The van der Waals surface area contributed by atoms with Crippen LogP contribution in [0.1, 0.15) is 30.4 Å². The van der Waals surface area contributed by atoms with Crippen LogP contribution < -0.4 is 30.4 Å². The second-order valence-electron chi connectivity index (χ2n) is 7.96. The highest BCUT2D eigenvalue weighted by Crippen LogP contribution is 2.34. The first kappa shape index (κ1) is 22.2. The smallest absolute Gasteiger partial charge is 0.253 e. The molecule has 2 unspecified atom stereocenters. The number of carbonyl (C=O) groups excluding carboxylic acids is 1. The summed E-state index contributed by atoms with van der Waals surface area (Å²) in [6.45, 7) is 1.45. The second-order valence-corrected chi connectivity index (χ2v) is 7.96. The van der Waals surface area contributed by atoms with E-state index in [4.69, 9.17) is 30.4 Å². The number of carbonyl (C=O) groups is 1. The zero-order valence-electron chi connectivity index (χ0n) is 17.9. The van der Waals surface area contributed by atoms with Crippen molar-refractivity contribution in [3.63, 3.8) is 0 Å². The van der Waals surface area contributed by atoms with E-state index in [1.54, 1.807) is 4.90 Å². The van der Waals surface area contributed by atoms with Crippen LogP contribution in [0.4, 0.5) is 0 Å². The number of benzene rings is 2. The molecule has 5 N–H and O–H groups in total. The molecule has 2 aromatic carbocycles. The Hall–Kier alpha value is -3.01. The number of amides is 1. The van der Waals surface area contributed by atoms with Crippen LogP contribution in [-0.4, -0.2) is 48.2 Å². The number of aliphatic hydroxyl groups is 1. The van der Waals surface area contributed by atoms with Crippen LogP contribution in [0.15, 0.2) is 36.4 Å². The normalized spacial score (nSPS) is 15.5. The standard InChI is InChI=1S/C23H29N3O6/c24-8-2-1-3-17(25)22(27)23(28)26(11-15-4-6-18-20(9-15)31-13-29-18)12-16-5-7-19-21(10-16)32-14-30-19/h4-7,9-10,17,22,27H,1-3,8,11-14,24-25H2. The van der Waals surface area contributed by atoms with Gasteiger partial charge in [0, 0.05) is 19.1 Å². The van der Waals surface area contributed by atoms with E-state index in [1.165, 1.54) is 0 Å². The molecule has 32 heavy (non-hydrogen) atoms. The van der Waals surface area contributed by atoms with Gasteiger partial charge >= 0.3 is 0 Å². The van der Waals surface area contributed by atoms with Crippen LogP contribution in [0.25, 0.3) is 0 Å². The molecule has 9 nitrogen and oxygen atoms in total. The first-order valence-corrected chi connectivity index (χ1v) is 10.7. The molecule has 0 aromatic heterocycles. The van der Waals surface area contributed by atoms with Crippen LogP contribution in [0.2, 0.25) is 0 Å². The summed E-state index contributed by atoms with van der Waals surface area (Å²) in [5.74, 6) is 2.18. The van der Waals surface area contributed by atoms with E-state index < -0.39 is 18.1 Å². The Kier molecular flexibility index (Phi) is 6.99. The van der Waals surface area contributed by atoms with Crippen molar-refractivity contribution >= 4 is 5.91 Å². The average molecular weight is 444 g/mol. The van der Waals surface area contributed by atoms with Crippen LogP contribution in [0.3, 0.4) is 0 Å². The summed E-state index contributed by atoms with van der Waals surface area (Å²) in [5, 5.41) is 10.7. The molecule has 2 aromatic rings. The third-order valence-corrected chi connectivity index (χ3v) is 5.58. The molecule has 2 aliphatic heterocycles. The van der Waals surface area contributed by atoms with E-state index in [9.17, 15) is 9.90 Å². The van der Waals surface area contributed by atoms with Gasteiger partial charge in [-0.25, -0.2) is 0 Å². The van der Waals surface area contributed by atoms with Gasteiger partial charge < -0.3 is 40.4 Å². The van der Waals surface area contributed by atoms with Gasteiger partial charge in [0.25, 0.3) is 5.91 Å². The van der Waals surface area contributed by atoms with E-state index >= 15 is 0 Å². The lowest BCUT2D eigenvalue weighted by atomic mass is 10.0. The number of hydrogen-bond donors (Lipinski definition) is 3. The molecule has 0 spiro atoms. The monoisotopic (exact) mass is 443 g/mol. The third kappa shape index (κ3) is 5.07. The van der Waals surface area contributed by atoms with Crippen molar-refractivity contribution in [1.82, 2.24) is 4.90 Å². The summed E-state index contributed by atoms with van der Waals surface area (Å²) in [4.78, 5) is 14.8. The van der Waals surface area contributed by atoms with Gasteiger partial charge in [0.2, 0.25) is 13.6 Å². The van der Waals surface area contributed by atoms with Gasteiger partial charge in [0.05, 0.1) is 0 Å². The van der Waals surface area contributed by atoms with Gasteiger partial charge in [0.1, 0.15) is 6.10 Å². The SMILES string of the molecule is NCCCCC(N)C(O)C(=O)N(Cc1ccc2c(c1)OCO2)Cc1ccc2c(c1)OCO2. The molecule has 9 heteroatoms. The number of fused-ring (bicyclic) bond motifs is 2. The molecule has 2 atom stereocenters. The minimum absolute atomic E-state index is 0.176. The van der Waals surface area contributed by atoms with Crippen LogP contribution in [0.5, 0.6) is 23.0 Å². The molecule has 0 bridgehead atoms. The van der Waals surface area contributed by atoms with Crippen molar-refractivity contribution in [3.05, 3.63) is 47.5 Å². The quantitative estimate of drug-likeness (QED) is 0.471. The lowest BCUT2D eigenvalue weighted by Crippen LogP contribution is -2.47. The molecular weight excluding hydrogens is 414 g/mol. The second kappa shape index (κ2) is 10.1. The lowest BCUT2D eigenvalue weighted by molar-refractivity contribution is -0.142. The van der Waals surface area contributed by atoms with Crippen LogP contribution >= 0.6 is 0 Å². The van der Waals surface area contributed by atoms with Crippen molar-refractivity contribution in [2.45, 2.75) is 44.5 Å². The number of rotatable bonds is 10. The number of nitrogens with two attached hydrogens (primary N) is 2. The number of aliphatic hydroxyl groups excluding tert-OH is 1. The third-order valence-electron chi connectivity index (χ3n) is 5.58. The number of unbranched alkanes of at least 4 members (excludes halogenated alkanes) is 1. The number of hydrogen-bond acceptors (Lipinski definition) is 8. The topological polar surface area (TPSA) is 130 Å². The molecule has 172 valence electrons.